The third kappa shape index (κ3) is 4.26. The van der Waals surface area contributed by atoms with Crippen molar-refractivity contribution in [3.63, 3.8) is 0 Å². The van der Waals surface area contributed by atoms with Crippen molar-refractivity contribution in [2.45, 2.75) is 6.92 Å². The molecular weight excluding hydrogens is 462 g/mol. The minimum absolute atomic E-state index is 0.0745. The molecule has 1 aliphatic heterocycles. The summed E-state index contributed by atoms with van der Waals surface area (Å²) in [7, 11) is 0. The van der Waals surface area contributed by atoms with E-state index in [1.165, 1.54) is 18.3 Å². The Kier molecular flexibility index (Phi) is 6.00. The first-order valence-corrected chi connectivity index (χ1v) is 12.2. The van der Waals surface area contributed by atoms with Crippen LogP contribution in [0.3, 0.4) is 0 Å². The van der Waals surface area contributed by atoms with Gasteiger partial charge in [0.05, 0.1) is 16.6 Å². The van der Waals surface area contributed by atoms with Gasteiger partial charge in [-0.2, -0.15) is 0 Å². The standard InChI is InChI=1S/C26H25N5O3S/c1-16(32)19-21(27)20-22(29-24(19)33)23(25(34)28-17-8-4-2-5-9-17)35-26(20)31-14-12-30(13-15-31)18-10-6-3-7-11-18/h2-11H,12-15,27H2,1H3,(H,28,34)(H,29,33). The number of fused-ring (bicyclic) bond motifs is 1. The van der Waals surface area contributed by atoms with Gasteiger partial charge in [0.15, 0.2) is 5.78 Å². The van der Waals surface area contributed by atoms with Gasteiger partial charge in [-0.3, -0.25) is 14.4 Å². The number of carbonyl (C=O) groups is 2. The fraction of sp³-hybridized carbons (Fsp3) is 0.192. The first kappa shape index (κ1) is 22.7. The van der Waals surface area contributed by atoms with E-state index in [1.54, 1.807) is 12.1 Å². The van der Waals surface area contributed by atoms with Gasteiger partial charge in [0.2, 0.25) is 0 Å². The number of ketones is 1. The molecule has 1 saturated heterocycles. The molecule has 4 aromatic rings. The Morgan fingerprint density at radius 1 is 0.943 bits per heavy atom. The molecule has 4 N–H and O–H groups in total. The molecule has 0 spiro atoms. The number of benzene rings is 2. The van der Waals surface area contributed by atoms with Gasteiger partial charge in [0.1, 0.15) is 15.4 Å². The number of thiophene rings is 1. The minimum atomic E-state index is -0.588. The first-order chi connectivity index (χ1) is 16.9. The lowest BCUT2D eigenvalue weighted by Gasteiger charge is -2.37. The molecular formula is C26H25N5O3S. The summed E-state index contributed by atoms with van der Waals surface area (Å²) in [6.45, 7) is 4.31. The Morgan fingerprint density at radius 2 is 1.54 bits per heavy atom. The Bertz CT molecular complexity index is 1460. The first-order valence-electron chi connectivity index (χ1n) is 11.3. The van der Waals surface area contributed by atoms with Crippen molar-refractivity contribution in [3.8, 4) is 0 Å². The number of Topliss-reactive ketones (excluding diaryl/α,β-unsaturated/α-hetero) is 1. The van der Waals surface area contributed by atoms with Gasteiger partial charge in [-0.05, 0) is 31.2 Å². The highest BCUT2D eigenvalue weighted by atomic mass is 32.1. The third-order valence-electron chi connectivity index (χ3n) is 6.17. The van der Waals surface area contributed by atoms with Gasteiger partial charge in [-0.25, -0.2) is 0 Å². The van der Waals surface area contributed by atoms with Crippen LogP contribution in [0, 0.1) is 0 Å². The van der Waals surface area contributed by atoms with Gasteiger partial charge in [-0.1, -0.05) is 36.4 Å². The normalized spacial score (nSPS) is 13.7. The minimum Gasteiger partial charge on any atom is -0.397 e. The van der Waals surface area contributed by atoms with Crippen molar-refractivity contribution in [1.29, 1.82) is 0 Å². The monoisotopic (exact) mass is 487 g/mol. The van der Waals surface area contributed by atoms with E-state index in [0.717, 1.165) is 23.8 Å². The molecule has 178 valence electrons. The van der Waals surface area contributed by atoms with Crippen molar-refractivity contribution in [2.75, 3.05) is 47.0 Å². The Labute approximate surface area is 206 Å². The highest BCUT2D eigenvalue weighted by molar-refractivity contribution is 7.20. The number of anilines is 4. The van der Waals surface area contributed by atoms with Crippen molar-refractivity contribution < 1.29 is 9.59 Å². The molecule has 9 heteroatoms. The number of nitrogens with two attached hydrogens (primary N) is 1. The molecule has 0 atom stereocenters. The molecule has 2 aromatic heterocycles. The molecule has 1 fully saturated rings. The smallest absolute Gasteiger partial charge is 0.267 e. The van der Waals surface area contributed by atoms with Crippen LogP contribution in [-0.4, -0.2) is 42.9 Å². The Balaban J connectivity index is 1.55. The molecule has 0 saturated carbocycles. The molecule has 8 nitrogen and oxygen atoms in total. The van der Waals surface area contributed by atoms with Crippen LogP contribution in [0.15, 0.2) is 65.5 Å². The second-order valence-electron chi connectivity index (χ2n) is 8.42. The zero-order valence-corrected chi connectivity index (χ0v) is 20.0. The van der Waals surface area contributed by atoms with E-state index < -0.39 is 11.3 Å². The average Bonchev–Trinajstić information content (AvgIpc) is 3.25. The number of pyridine rings is 1. The van der Waals surface area contributed by atoms with E-state index in [4.69, 9.17) is 5.73 Å². The van der Waals surface area contributed by atoms with E-state index >= 15 is 0 Å². The van der Waals surface area contributed by atoms with Gasteiger partial charge in [0, 0.05) is 37.6 Å². The van der Waals surface area contributed by atoms with Crippen LogP contribution >= 0.6 is 11.3 Å². The van der Waals surface area contributed by atoms with E-state index in [2.05, 4.69) is 32.2 Å². The number of carbonyl (C=O) groups excluding carboxylic acids is 2. The van der Waals surface area contributed by atoms with Crippen molar-refractivity contribution in [2.24, 2.45) is 0 Å². The molecule has 0 radical (unpaired) electrons. The van der Waals surface area contributed by atoms with Crippen molar-refractivity contribution >= 4 is 56.0 Å². The van der Waals surface area contributed by atoms with Crippen LogP contribution in [0.4, 0.5) is 22.1 Å². The average molecular weight is 488 g/mol. The summed E-state index contributed by atoms with van der Waals surface area (Å²) in [5.74, 6) is -0.752. The van der Waals surface area contributed by atoms with E-state index in [-0.39, 0.29) is 17.2 Å². The number of H-pyrrole nitrogens is 1. The van der Waals surface area contributed by atoms with E-state index in [9.17, 15) is 14.4 Å². The summed E-state index contributed by atoms with van der Waals surface area (Å²) in [6.07, 6.45) is 0. The predicted octanol–water partition coefficient (Wildman–Crippen LogP) is 3.95. The number of hydrogen-bond donors (Lipinski definition) is 3. The van der Waals surface area contributed by atoms with Gasteiger partial charge in [0.25, 0.3) is 11.5 Å². The van der Waals surface area contributed by atoms with Crippen molar-refractivity contribution in [3.05, 3.63) is 81.5 Å². The fourth-order valence-electron chi connectivity index (χ4n) is 4.46. The largest absolute Gasteiger partial charge is 0.397 e. The van der Waals surface area contributed by atoms with Crippen LogP contribution in [0.25, 0.3) is 10.9 Å². The highest BCUT2D eigenvalue weighted by Gasteiger charge is 2.28. The Hall–Kier alpha value is -4.11. The maximum absolute atomic E-state index is 13.2. The van der Waals surface area contributed by atoms with Crippen LogP contribution in [-0.2, 0) is 0 Å². The lowest BCUT2D eigenvalue weighted by Crippen LogP contribution is -2.46. The molecule has 1 aliphatic rings. The fourth-order valence-corrected chi connectivity index (χ4v) is 5.68. The molecule has 0 aliphatic carbocycles. The second kappa shape index (κ2) is 9.27. The van der Waals surface area contributed by atoms with E-state index in [1.807, 2.05) is 36.4 Å². The van der Waals surface area contributed by atoms with E-state index in [0.29, 0.717) is 34.6 Å². The SMILES string of the molecule is CC(=O)c1c(N)c2c(N3CCN(c4ccccc4)CC3)sc(C(=O)Nc3ccccc3)c2[nH]c1=O. The second-order valence-corrected chi connectivity index (χ2v) is 9.41. The summed E-state index contributed by atoms with van der Waals surface area (Å²) in [4.78, 5) is 45.8. The topological polar surface area (TPSA) is 112 Å². The number of hydrogen-bond acceptors (Lipinski definition) is 7. The molecule has 0 unspecified atom stereocenters. The quantitative estimate of drug-likeness (QED) is 0.368. The number of nitrogens with zero attached hydrogens (tertiary/aromatic N) is 2. The molecule has 2 aromatic carbocycles. The summed E-state index contributed by atoms with van der Waals surface area (Å²) >= 11 is 1.28. The zero-order chi connectivity index (χ0) is 24.5. The molecule has 3 heterocycles. The Morgan fingerprint density at radius 3 is 2.17 bits per heavy atom. The summed E-state index contributed by atoms with van der Waals surface area (Å²) in [6, 6.07) is 19.3. The summed E-state index contributed by atoms with van der Waals surface area (Å²) < 4.78 is 0. The van der Waals surface area contributed by atoms with Crippen LogP contribution in [0.1, 0.15) is 27.0 Å². The number of nitrogen functional groups attached to an aromatic ring is 1. The van der Waals surface area contributed by atoms with Crippen LogP contribution in [0.5, 0.6) is 0 Å². The van der Waals surface area contributed by atoms with Gasteiger partial charge in [-0.15, -0.1) is 11.3 Å². The van der Waals surface area contributed by atoms with Gasteiger partial charge < -0.3 is 25.8 Å². The predicted molar refractivity (Wildman–Crippen MR) is 142 cm³/mol. The van der Waals surface area contributed by atoms with Crippen molar-refractivity contribution in [1.82, 2.24) is 4.98 Å². The number of rotatable bonds is 5. The summed E-state index contributed by atoms with van der Waals surface area (Å²) in [5, 5.41) is 4.21. The lowest BCUT2D eigenvalue weighted by molar-refractivity contribution is 0.101. The molecule has 5 rings (SSSR count). The zero-order valence-electron chi connectivity index (χ0n) is 19.2. The van der Waals surface area contributed by atoms with Gasteiger partial charge >= 0.3 is 0 Å². The number of nitrogens with one attached hydrogen (secondary N) is 2. The molecule has 0 bridgehead atoms. The summed E-state index contributed by atoms with van der Waals surface area (Å²) in [5.41, 5.74) is 8.03. The lowest BCUT2D eigenvalue weighted by atomic mass is 10.1. The number of amides is 1. The number of aromatic amines is 1. The maximum Gasteiger partial charge on any atom is 0.267 e. The number of aromatic nitrogens is 1. The number of piperazine rings is 1. The third-order valence-corrected chi connectivity index (χ3v) is 7.42. The maximum atomic E-state index is 13.2. The van der Waals surface area contributed by atoms with Crippen LogP contribution < -0.4 is 26.4 Å². The molecule has 1 amide bonds. The highest BCUT2D eigenvalue weighted by Crippen LogP contribution is 2.41. The molecule has 35 heavy (non-hydrogen) atoms. The van der Waals surface area contributed by atoms with Crippen LogP contribution in [0.2, 0.25) is 0 Å². The number of para-hydroxylation sites is 2.